The third-order valence-electron chi connectivity index (χ3n) is 2.30. The van der Waals surface area contributed by atoms with Crippen LogP contribution in [0.15, 0.2) is 4.42 Å². The first-order valence-corrected chi connectivity index (χ1v) is 5.75. The zero-order valence-corrected chi connectivity index (χ0v) is 10.1. The molecule has 0 fully saturated rings. The van der Waals surface area contributed by atoms with Gasteiger partial charge in [-0.15, -0.1) is 10.2 Å². The summed E-state index contributed by atoms with van der Waals surface area (Å²) in [6.45, 7) is 9.35. The monoisotopic (exact) mass is 211 g/mol. The van der Waals surface area contributed by atoms with Gasteiger partial charge in [-0.1, -0.05) is 27.7 Å². The molecule has 1 N–H and O–H groups in total. The topological polar surface area (TPSA) is 51.0 Å². The van der Waals surface area contributed by atoms with E-state index >= 15 is 0 Å². The van der Waals surface area contributed by atoms with E-state index in [1.165, 1.54) is 0 Å². The highest BCUT2D eigenvalue weighted by molar-refractivity contribution is 4.92. The van der Waals surface area contributed by atoms with E-state index in [1.54, 1.807) is 0 Å². The lowest BCUT2D eigenvalue weighted by atomic mass is 10.2. The van der Waals surface area contributed by atoms with Gasteiger partial charge in [-0.2, -0.15) is 0 Å². The molecule has 0 aliphatic heterocycles. The Labute approximate surface area is 91.5 Å². The Bertz CT molecular complexity index is 283. The third-order valence-corrected chi connectivity index (χ3v) is 2.30. The Kier molecular flexibility index (Phi) is 4.75. The highest BCUT2D eigenvalue weighted by Gasteiger charge is 2.17. The van der Waals surface area contributed by atoms with Crippen LogP contribution in [0.1, 0.15) is 64.3 Å². The van der Waals surface area contributed by atoms with Gasteiger partial charge in [0, 0.05) is 5.92 Å². The average Bonchev–Trinajstić information content (AvgIpc) is 2.68. The van der Waals surface area contributed by atoms with Crippen molar-refractivity contribution in [1.29, 1.82) is 0 Å². The van der Waals surface area contributed by atoms with Crippen molar-refractivity contribution in [3.8, 4) is 0 Å². The van der Waals surface area contributed by atoms with Gasteiger partial charge in [0.1, 0.15) is 0 Å². The highest BCUT2D eigenvalue weighted by Crippen LogP contribution is 2.18. The second kappa shape index (κ2) is 5.85. The van der Waals surface area contributed by atoms with E-state index in [0.717, 1.165) is 31.2 Å². The Morgan fingerprint density at radius 3 is 2.33 bits per heavy atom. The molecule has 1 atom stereocenters. The number of hydrogen-bond donors (Lipinski definition) is 1. The minimum Gasteiger partial charge on any atom is -0.423 e. The lowest BCUT2D eigenvalue weighted by molar-refractivity contribution is 0.365. The van der Waals surface area contributed by atoms with Crippen LogP contribution in [0.2, 0.25) is 0 Å². The van der Waals surface area contributed by atoms with E-state index in [4.69, 9.17) is 4.42 Å². The summed E-state index contributed by atoms with van der Waals surface area (Å²) in [7, 11) is 0. The van der Waals surface area contributed by atoms with Crippen molar-refractivity contribution in [1.82, 2.24) is 15.5 Å². The predicted molar refractivity (Wildman–Crippen MR) is 59.7 cm³/mol. The predicted octanol–water partition coefficient (Wildman–Crippen LogP) is 2.64. The second-order valence-electron chi connectivity index (χ2n) is 4.05. The van der Waals surface area contributed by atoms with Crippen LogP contribution in [0.3, 0.4) is 0 Å². The normalized spacial score (nSPS) is 13.4. The molecule has 4 heteroatoms. The molecule has 0 amide bonds. The number of hydrogen-bond acceptors (Lipinski definition) is 4. The van der Waals surface area contributed by atoms with E-state index in [0.29, 0.717) is 5.92 Å². The molecule has 4 nitrogen and oxygen atoms in total. The maximum atomic E-state index is 5.61. The van der Waals surface area contributed by atoms with Crippen LogP contribution in [0, 0.1) is 0 Å². The van der Waals surface area contributed by atoms with Crippen LogP contribution in [0.4, 0.5) is 0 Å². The van der Waals surface area contributed by atoms with Crippen molar-refractivity contribution >= 4 is 0 Å². The molecule has 1 unspecified atom stereocenters. The van der Waals surface area contributed by atoms with Gasteiger partial charge < -0.3 is 9.73 Å². The van der Waals surface area contributed by atoms with Crippen molar-refractivity contribution in [2.24, 2.45) is 0 Å². The van der Waals surface area contributed by atoms with Crippen LogP contribution >= 0.6 is 0 Å². The van der Waals surface area contributed by atoms with Gasteiger partial charge in [-0.25, -0.2) is 0 Å². The molecular weight excluding hydrogens is 190 g/mol. The van der Waals surface area contributed by atoms with E-state index < -0.39 is 0 Å². The van der Waals surface area contributed by atoms with E-state index in [-0.39, 0.29) is 6.04 Å². The second-order valence-corrected chi connectivity index (χ2v) is 4.05. The quantitative estimate of drug-likeness (QED) is 0.786. The summed E-state index contributed by atoms with van der Waals surface area (Å²) in [5, 5.41) is 11.5. The molecule has 86 valence electrons. The summed E-state index contributed by atoms with van der Waals surface area (Å²) in [4.78, 5) is 0. The molecule has 15 heavy (non-hydrogen) atoms. The smallest absolute Gasteiger partial charge is 0.233 e. The minimum absolute atomic E-state index is 0.199. The number of rotatable bonds is 6. The van der Waals surface area contributed by atoms with Crippen molar-refractivity contribution in [2.45, 2.75) is 52.5 Å². The van der Waals surface area contributed by atoms with Crippen molar-refractivity contribution in [3.05, 3.63) is 11.8 Å². The van der Waals surface area contributed by atoms with Crippen LogP contribution in [-0.2, 0) is 0 Å². The lowest BCUT2D eigenvalue weighted by Crippen LogP contribution is -2.21. The molecular formula is C11H21N3O. The number of aromatic nitrogens is 2. The number of nitrogens with zero attached hydrogens (tertiary/aromatic N) is 2. The molecule has 0 bridgehead atoms. The van der Waals surface area contributed by atoms with Gasteiger partial charge >= 0.3 is 0 Å². The van der Waals surface area contributed by atoms with Crippen LogP contribution < -0.4 is 5.32 Å². The largest absolute Gasteiger partial charge is 0.423 e. The molecule has 0 saturated carbocycles. The van der Waals surface area contributed by atoms with Crippen LogP contribution in [-0.4, -0.2) is 16.7 Å². The Hall–Kier alpha value is -0.900. The fourth-order valence-electron chi connectivity index (χ4n) is 1.35. The fraction of sp³-hybridized carbons (Fsp3) is 0.818. The van der Waals surface area contributed by atoms with E-state index in [1.807, 2.05) is 0 Å². The Morgan fingerprint density at radius 1 is 1.20 bits per heavy atom. The molecule has 0 aromatic carbocycles. The first kappa shape index (κ1) is 12.2. The molecule has 1 aromatic heterocycles. The molecule has 0 saturated heterocycles. The molecule has 0 radical (unpaired) electrons. The SMILES string of the molecule is CCCNC(CC)c1nnc(C(C)C)o1. The highest BCUT2D eigenvalue weighted by atomic mass is 16.4. The zero-order valence-electron chi connectivity index (χ0n) is 10.1. The van der Waals surface area contributed by atoms with Gasteiger partial charge in [0.05, 0.1) is 6.04 Å². The molecule has 1 heterocycles. The zero-order chi connectivity index (χ0) is 11.3. The number of nitrogens with one attached hydrogen (secondary N) is 1. The first-order valence-electron chi connectivity index (χ1n) is 5.75. The summed E-state index contributed by atoms with van der Waals surface area (Å²) in [5.41, 5.74) is 0. The molecule has 0 aliphatic rings. The third kappa shape index (κ3) is 3.30. The van der Waals surface area contributed by atoms with Crippen LogP contribution in [0.5, 0.6) is 0 Å². The Balaban J connectivity index is 2.65. The molecule has 0 aliphatic carbocycles. The van der Waals surface area contributed by atoms with Gasteiger partial charge in [0.2, 0.25) is 11.8 Å². The minimum atomic E-state index is 0.199. The molecule has 1 aromatic rings. The summed E-state index contributed by atoms with van der Waals surface area (Å²) in [6.07, 6.45) is 2.08. The standard InChI is InChI=1S/C11H21N3O/c1-5-7-12-9(6-2)11-14-13-10(15-11)8(3)4/h8-9,12H,5-7H2,1-4H3. The van der Waals surface area contributed by atoms with Gasteiger partial charge in [-0.05, 0) is 19.4 Å². The average molecular weight is 211 g/mol. The first-order chi connectivity index (χ1) is 7.19. The summed E-state index contributed by atoms with van der Waals surface area (Å²) >= 11 is 0. The summed E-state index contributed by atoms with van der Waals surface area (Å²) in [6, 6.07) is 0.199. The van der Waals surface area contributed by atoms with Crippen molar-refractivity contribution in [3.63, 3.8) is 0 Å². The fourth-order valence-corrected chi connectivity index (χ4v) is 1.35. The Morgan fingerprint density at radius 2 is 1.87 bits per heavy atom. The van der Waals surface area contributed by atoms with Crippen molar-refractivity contribution < 1.29 is 4.42 Å². The van der Waals surface area contributed by atoms with E-state index in [9.17, 15) is 0 Å². The van der Waals surface area contributed by atoms with Crippen molar-refractivity contribution in [2.75, 3.05) is 6.54 Å². The lowest BCUT2D eigenvalue weighted by Gasteiger charge is -2.11. The summed E-state index contributed by atoms with van der Waals surface area (Å²) in [5.74, 6) is 1.74. The van der Waals surface area contributed by atoms with Crippen LogP contribution in [0.25, 0.3) is 0 Å². The maximum absolute atomic E-state index is 5.61. The van der Waals surface area contributed by atoms with Gasteiger partial charge in [0.25, 0.3) is 0 Å². The van der Waals surface area contributed by atoms with E-state index in [2.05, 4.69) is 43.2 Å². The summed E-state index contributed by atoms with van der Waals surface area (Å²) < 4.78 is 5.61. The maximum Gasteiger partial charge on any atom is 0.233 e. The van der Waals surface area contributed by atoms with Gasteiger partial charge in [0.15, 0.2) is 0 Å². The molecule has 1 rings (SSSR count). The van der Waals surface area contributed by atoms with Gasteiger partial charge in [-0.3, -0.25) is 0 Å². The molecule has 0 spiro atoms.